The monoisotopic (exact) mass is 625 g/mol. The van der Waals surface area contributed by atoms with E-state index in [1.54, 1.807) is 43.0 Å². The van der Waals surface area contributed by atoms with Crippen LogP contribution in [0.15, 0.2) is 53.1 Å². The van der Waals surface area contributed by atoms with E-state index < -0.39 is 5.54 Å². The zero-order valence-electron chi connectivity index (χ0n) is 28.5. The van der Waals surface area contributed by atoms with E-state index in [-0.39, 0.29) is 23.0 Å². The van der Waals surface area contributed by atoms with Crippen LogP contribution in [-0.4, -0.2) is 57.2 Å². The summed E-state index contributed by atoms with van der Waals surface area (Å²) in [4.78, 5) is 36.6. The maximum Gasteiger partial charge on any atom is 0.290 e. The lowest BCUT2D eigenvalue weighted by atomic mass is 9.72. The number of carbonyl (C=O) groups is 2. The molecular weight excluding hydrogens is 578 g/mol. The molecule has 0 radical (unpaired) electrons. The fourth-order valence-corrected chi connectivity index (χ4v) is 6.92. The first-order chi connectivity index (χ1) is 21.7. The van der Waals surface area contributed by atoms with Crippen LogP contribution in [0.25, 0.3) is 11.1 Å². The van der Waals surface area contributed by atoms with Gasteiger partial charge in [0.1, 0.15) is 22.6 Å². The smallest absolute Gasteiger partial charge is 0.290 e. The molecule has 2 fully saturated rings. The number of nitrogens with zero attached hydrogens (tertiary/aromatic N) is 5. The molecule has 2 amide bonds. The van der Waals surface area contributed by atoms with E-state index in [4.69, 9.17) is 14.1 Å². The number of furan rings is 1. The third-order valence-electron chi connectivity index (χ3n) is 9.97. The van der Waals surface area contributed by atoms with Gasteiger partial charge >= 0.3 is 0 Å². The predicted octanol–water partition coefficient (Wildman–Crippen LogP) is 7.33. The minimum absolute atomic E-state index is 0.171. The van der Waals surface area contributed by atoms with Crippen LogP contribution in [0.3, 0.4) is 0 Å². The Hall–Kier alpha value is -4.14. The molecule has 244 valence electrons. The lowest BCUT2D eigenvalue weighted by Gasteiger charge is -2.45. The Morgan fingerprint density at radius 3 is 2.37 bits per heavy atom. The zero-order chi connectivity index (χ0) is 33.0. The van der Waals surface area contributed by atoms with E-state index in [0.29, 0.717) is 47.9 Å². The summed E-state index contributed by atoms with van der Waals surface area (Å²) in [5.41, 5.74) is 3.61. The summed E-state index contributed by atoms with van der Waals surface area (Å²) in [7, 11) is 1.64. The van der Waals surface area contributed by atoms with Crippen molar-refractivity contribution in [1.82, 2.24) is 19.7 Å². The number of methoxy groups -OCH3 is 1. The van der Waals surface area contributed by atoms with Crippen molar-refractivity contribution in [1.29, 1.82) is 0 Å². The molecule has 0 bridgehead atoms. The van der Waals surface area contributed by atoms with Crippen molar-refractivity contribution in [2.75, 3.05) is 25.1 Å². The fraction of sp³-hybridized carbons (Fsp3) is 0.514. The van der Waals surface area contributed by atoms with Gasteiger partial charge in [-0.3, -0.25) is 14.5 Å². The van der Waals surface area contributed by atoms with Crippen molar-refractivity contribution in [2.24, 2.45) is 5.41 Å². The normalized spacial score (nSPS) is 18.7. The molecule has 4 heterocycles. The van der Waals surface area contributed by atoms with Crippen LogP contribution in [0.4, 0.5) is 5.82 Å². The highest BCUT2D eigenvalue weighted by Crippen LogP contribution is 2.44. The topological polar surface area (TPSA) is 93.7 Å². The van der Waals surface area contributed by atoms with Crippen molar-refractivity contribution in [2.45, 2.75) is 97.6 Å². The van der Waals surface area contributed by atoms with Crippen molar-refractivity contribution < 1.29 is 18.7 Å². The maximum absolute atomic E-state index is 14.1. The number of aromatic nitrogens is 3. The van der Waals surface area contributed by atoms with Crippen LogP contribution in [0.5, 0.6) is 5.75 Å². The molecule has 2 aliphatic rings. The quantitative estimate of drug-likeness (QED) is 0.223. The highest BCUT2D eigenvalue weighted by atomic mass is 16.5. The predicted molar refractivity (Wildman–Crippen MR) is 179 cm³/mol. The number of carbonyl (C=O) groups excluding carboxylic acids is 2. The van der Waals surface area contributed by atoms with Crippen molar-refractivity contribution in [3.05, 3.63) is 71.2 Å². The van der Waals surface area contributed by atoms with Gasteiger partial charge in [0.25, 0.3) is 11.8 Å². The summed E-state index contributed by atoms with van der Waals surface area (Å²) < 4.78 is 13.4. The van der Waals surface area contributed by atoms with Gasteiger partial charge in [-0.05, 0) is 74.1 Å². The molecule has 0 atom stereocenters. The zero-order valence-corrected chi connectivity index (χ0v) is 28.5. The highest BCUT2D eigenvalue weighted by Gasteiger charge is 2.46. The number of amides is 2. The first-order valence-electron chi connectivity index (χ1n) is 16.4. The maximum atomic E-state index is 14.1. The molecule has 0 spiro atoms. The number of anilines is 1. The van der Waals surface area contributed by atoms with Crippen LogP contribution in [0.1, 0.15) is 107 Å². The number of fused-ring (bicyclic) bond motifs is 1. The molecule has 0 N–H and O–H groups in total. The number of ether oxygens (including phenoxy) is 1. The van der Waals surface area contributed by atoms with E-state index in [1.165, 1.54) is 12.8 Å². The Morgan fingerprint density at radius 2 is 1.72 bits per heavy atom. The largest absolute Gasteiger partial charge is 0.497 e. The Morgan fingerprint density at radius 1 is 1.02 bits per heavy atom. The summed E-state index contributed by atoms with van der Waals surface area (Å²) in [6, 6.07) is 13.6. The minimum Gasteiger partial charge on any atom is -0.497 e. The van der Waals surface area contributed by atoms with Gasteiger partial charge in [0.15, 0.2) is 11.3 Å². The molecule has 3 aromatic heterocycles. The second-order valence-corrected chi connectivity index (χ2v) is 15.3. The van der Waals surface area contributed by atoms with Gasteiger partial charge in [-0.1, -0.05) is 46.8 Å². The first-order valence-corrected chi connectivity index (χ1v) is 16.4. The molecule has 1 aromatic carbocycles. The lowest BCUT2D eigenvalue weighted by Crippen LogP contribution is -2.65. The van der Waals surface area contributed by atoms with Crippen LogP contribution < -0.4 is 9.64 Å². The van der Waals surface area contributed by atoms with E-state index in [2.05, 4.69) is 45.8 Å². The van der Waals surface area contributed by atoms with Gasteiger partial charge in [-0.2, -0.15) is 5.10 Å². The Labute approximate surface area is 271 Å². The lowest BCUT2D eigenvalue weighted by molar-refractivity contribution is -0.130. The molecule has 9 heteroatoms. The second-order valence-electron chi connectivity index (χ2n) is 15.3. The minimum atomic E-state index is -1.11. The number of benzene rings is 1. The van der Waals surface area contributed by atoms with E-state index in [1.807, 2.05) is 35.0 Å². The first kappa shape index (κ1) is 31.8. The third kappa shape index (κ3) is 5.92. The van der Waals surface area contributed by atoms with Gasteiger partial charge in [0.05, 0.1) is 19.9 Å². The third-order valence-corrected chi connectivity index (χ3v) is 9.97. The SMILES string of the molecule is COc1ccc(Cn2nccc2N2CCN(C(=O)c3cc4nc(C5CCC(C)(C)CC5)cc(C(C)(C)C)c4o3)C(C)(C)C2=O)cc1. The summed E-state index contributed by atoms with van der Waals surface area (Å²) in [6.45, 7) is 16.0. The fourth-order valence-electron chi connectivity index (χ4n) is 6.92. The van der Waals surface area contributed by atoms with Gasteiger partial charge in [-0.15, -0.1) is 0 Å². The average Bonchev–Trinajstić information content (AvgIpc) is 3.65. The van der Waals surface area contributed by atoms with Crippen LogP contribution in [0, 0.1) is 5.41 Å². The summed E-state index contributed by atoms with van der Waals surface area (Å²) in [5.74, 6) is 1.62. The molecule has 9 nitrogen and oxygen atoms in total. The number of piperazine rings is 1. The Balaban J connectivity index is 1.25. The van der Waals surface area contributed by atoms with Gasteiger partial charge in [0.2, 0.25) is 0 Å². The number of rotatable bonds is 6. The van der Waals surface area contributed by atoms with Gasteiger partial charge in [-0.25, -0.2) is 9.67 Å². The molecule has 1 saturated heterocycles. The second kappa shape index (κ2) is 11.6. The summed E-state index contributed by atoms with van der Waals surface area (Å²) in [6.07, 6.45) is 6.27. The highest BCUT2D eigenvalue weighted by molar-refractivity contribution is 6.05. The molecular formula is C37H47N5O4. The van der Waals surface area contributed by atoms with Gasteiger partial charge < -0.3 is 14.1 Å². The summed E-state index contributed by atoms with van der Waals surface area (Å²) >= 11 is 0. The van der Waals surface area contributed by atoms with Crippen LogP contribution in [0.2, 0.25) is 0 Å². The Bertz CT molecular complexity index is 1750. The number of hydrogen-bond donors (Lipinski definition) is 0. The molecule has 1 saturated carbocycles. The van der Waals surface area contributed by atoms with Crippen LogP contribution in [-0.2, 0) is 16.8 Å². The van der Waals surface area contributed by atoms with Crippen LogP contribution >= 0.6 is 0 Å². The van der Waals surface area contributed by atoms with Crippen molar-refractivity contribution >= 4 is 28.7 Å². The van der Waals surface area contributed by atoms with Crippen molar-refractivity contribution in [3.63, 3.8) is 0 Å². The molecule has 1 aliphatic carbocycles. The Kier molecular flexibility index (Phi) is 8.02. The number of pyridine rings is 1. The summed E-state index contributed by atoms with van der Waals surface area (Å²) in [5, 5.41) is 4.50. The molecule has 0 unspecified atom stereocenters. The average molecular weight is 626 g/mol. The molecule has 6 rings (SSSR count). The van der Waals surface area contributed by atoms with Gasteiger partial charge in [0, 0.05) is 42.4 Å². The van der Waals surface area contributed by atoms with Crippen molar-refractivity contribution in [3.8, 4) is 5.75 Å². The molecule has 1 aliphatic heterocycles. The number of hydrogen-bond acceptors (Lipinski definition) is 6. The molecule has 4 aromatic rings. The van der Waals surface area contributed by atoms with E-state index in [9.17, 15) is 9.59 Å². The standard InChI is InChI=1S/C37H47N5O4/c1-35(2,3)27-21-28(25-13-16-36(4,5)17-14-25)39-29-22-30(46-32(27)29)33(43)41-20-19-40(34(44)37(41,6)7)31-15-18-38-42(31)23-24-9-11-26(45-8)12-10-24/h9-12,15,18,21-22,25H,13-14,16-17,19-20,23H2,1-8H3. The molecule has 46 heavy (non-hydrogen) atoms. The van der Waals surface area contributed by atoms with E-state index >= 15 is 0 Å². The van der Waals surface area contributed by atoms with E-state index in [0.717, 1.165) is 35.4 Å².